The van der Waals surface area contributed by atoms with Gasteiger partial charge in [0, 0.05) is 45.2 Å². The van der Waals surface area contributed by atoms with Crippen molar-refractivity contribution in [3.05, 3.63) is 52.2 Å². The molecule has 6 nitrogen and oxygen atoms in total. The van der Waals surface area contributed by atoms with Crippen LogP contribution in [0.1, 0.15) is 16.5 Å². The number of methoxy groups -OCH3 is 1. The molecular formula is C22H32N4O2S. The molecule has 3 rings (SSSR count). The number of benzene rings is 1. The van der Waals surface area contributed by atoms with E-state index in [4.69, 9.17) is 9.47 Å². The Morgan fingerprint density at radius 1 is 1.28 bits per heavy atom. The van der Waals surface area contributed by atoms with Gasteiger partial charge in [0.25, 0.3) is 0 Å². The molecule has 1 aliphatic rings. The SMILES string of the molecule is CN=C(NCC(c1ccc(OC)cc1)N1CCOCC1)N(C)CCc1cccs1. The number of likely N-dealkylation sites (N-methyl/N-ethyl adjacent to an activating group) is 1. The van der Waals surface area contributed by atoms with Crippen molar-refractivity contribution >= 4 is 17.3 Å². The van der Waals surface area contributed by atoms with E-state index in [1.807, 2.05) is 19.2 Å². The van der Waals surface area contributed by atoms with E-state index in [0.29, 0.717) is 0 Å². The summed E-state index contributed by atoms with van der Waals surface area (Å²) >= 11 is 1.81. The highest BCUT2D eigenvalue weighted by Gasteiger charge is 2.23. The van der Waals surface area contributed by atoms with Crippen LogP contribution in [-0.4, -0.2) is 76.4 Å². The van der Waals surface area contributed by atoms with Crippen LogP contribution in [-0.2, 0) is 11.2 Å². The molecule has 158 valence electrons. The molecule has 1 saturated heterocycles. The highest BCUT2D eigenvalue weighted by Crippen LogP contribution is 2.23. The molecule has 0 amide bonds. The average molecular weight is 417 g/mol. The van der Waals surface area contributed by atoms with Gasteiger partial charge in [-0.05, 0) is 35.6 Å². The van der Waals surface area contributed by atoms with Gasteiger partial charge < -0.3 is 19.7 Å². The minimum atomic E-state index is 0.257. The Morgan fingerprint density at radius 2 is 2.03 bits per heavy atom. The molecule has 0 aliphatic carbocycles. The summed E-state index contributed by atoms with van der Waals surface area (Å²) in [6.07, 6.45) is 1.03. The molecule has 2 heterocycles. The van der Waals surface area contributed by atoms with Crippen LogP contribution in [0.4, 0.5) is 0 Å². The van der Waals surface area contributed by atoms with Crippen molar-refractivity contribution in [1.29, 1.82) is 0 Å². The van der Waals surface area contributed by atoms with E-state index < -0.39 is 0 Å². The van der Waals surface area contributed by atoms with Gasteiger partial charge in [-0.3, -0.25) is 9.89 Å². The highest BCUT2D eigenvalue weighted by molar-refractivity contribution is 7.09. The van der Waals surface area contributed by atoms with E-state index in [1.165, 1.54) is 10.4 Å². The Bertz CT molecular complexity index is 743. The topological polar surface area (TPSA) is 49.3 Å². The highest BCUT2D eigenvalue weighted by atomic mass is 32.1. The standard InChI is InChI=1S/C22H32N4O2S/c1-23-22(25(2)11-10-20-5-4-16-29-20)24-17-21(26-12-14-28-15-13-26)18-6-8-19(27-3)9-7-18/h4-9,16,21H,10-15,17H2,1-3H3,(H,23,24). The third-order valence-corrected chi connectivity index (χ3v) is 6.22. The van der Waals surface area contributed by atoms with Crippen LogP contribution in [0.2, 0.25) is 0 Å². The number of morpholine rings is 1. The zero-order valence-electron chi connectivity index (χ0n) is 17.6. The summed E-state index contributed by atoms with van der Waals surface area (Å²) < 4.78 is 10.9. The van der Waals surface area contributed by atoms with Crippen molar-refractivity contribution < 1.29 is 9.47 Å². The first-order chi connectivity index (χ1) is 14.2. The molecule has 1 aromatic heterocycles. The van der Waals surface area contributed by atoms with E-state index in [1.54, 1.807) is 18.4 Å². The number of nitrogens with zero attached hydrogens (tertiary/aromatic N) is 3. The summed E-state index contributed by atoms with van der Waals surface area (Å²) in [6, 6.07) is 12.9. The second-order valence-electron chi connectivity index (χ2n) is 7.12. The third-order valence-electron chi connectivity index (χ3n) is 5.29. The molecule has 0 bridgehead atoms. The summed E-state index contributed by atoms with van der Waals surface area (Å²) in [5, 5.41) is 5.72. The van der Waals surface area contributed by atoms with Crippen molar-refractivity contribution in [2.75, 3.05) is 60.6 Å². The Kier molecular flexibility index (Phi) is 8.34. The van der Waals surface area contributed by atoms with Crippen molar-refractivity contribution in [2.45, 2.75) is 12.5 Å². The lowest BCUT2D eigenvalue weighted by Gasteiger charge is -2.35. The van der Waals surface area contributed by atoms with Gasteiger partial charge in [0.1, 0.15) is 5.75 Å². The van der Waals surface area contributed by atoms with Crippen LogP contribution in [0.5, 0.6) is 5.75 Å². The van der Waals surface area contributed by atoms with E-state index in [9.17, 15) is 0 Å². The lowest BCUT2D eigenvalue weighted by atomic mass is 10.0. The van der Waals surface area contributed by atoms with Gasteiger partial charge in [0.15, 0.2) is 5.96 Å². The first kappa shape index (κ1) is 21.6. The first-order valence-corrected chi connectivity index (χ1v) is 11.0. The minimum absolute atomic E-state index is 0.257. The van der Waals surface area contributed by atoms with Gasteiger partial charge >= 0.3 is 0 Å². The van der Waals surface area contributed by atoms with Crippen LogP contribution in [0.3, 0.4) is 0 Å². The average Bonchev–Trinajstić information content (AvgIpc) is 3.30. The molecule has 1 atom stereocenters. The Labute approximate surface area is 178 Å². The number of thiophene rings is 1. The number of aliphatic imine (C=N–C) groups is 1. The predicted octanol–water partition coefficient (Wildman–Crippen LogP) is 2.88. The molecule has 0 saturated carbocycles. The van der Waals surface area contributed by atoms with Crippen LogP contribution < -0.4 is 10.1 Å². The van der Waals surface area contributed by atoms with Gasteiger partial charge in [-0.2, -0.15) is 0 Å². The maximum atomic E-state index is 5.56. The Balaban J connectivity index is 1.63. The summed E-state index contributed by atoms with van der Waals surface area (Å²) in [7, 11) is 5.65. The van der Waals surface area contributed by atoms with Gasteiger partial charge in [-0.15, -0.1) is 11.3 Å². The fraction of sp³-hybridized carbons (Fsp3) is 0.500. The largest absolute Gasteiger partial charge is 0.497 e. The smallest absolute Gasteiger partial charge is 0.193 e. The maximum Gasteiger partial charge on any atom is 0.193 e. The normalized spacial score (nSPS) is 16.4. The molecule has 0 spiro atoms. The van der Waals surface area contributed by atoms with Gasteiger partial charge in [-0.1, -0.05) is 18.2 Å². The van der Waals surface area contributed by atoms with Crippen molar-refractivity contribution in [3.8, 4) is 5.75 Å². The van der Waals surface area contributed by atoms with Crippen LogP contribution in [0.15, 0.2) is 46.8 Å². The number of rotatable bonds is 8. The van der Waals surface area contributed by atoms with Crippen molar-refractivity contribution in [3.63, 3.8) is 0 Å². The molecule has 1 fully saturated rings. The molecule has 1 N–H and O–H groups in total. The lowest BCUT2D eigenvalue weighted by molar-refractivity contribution is 0.0169. The number of guanidine groups is 1. The van der Waals surface area contributed by atoms with Gasteiger partial charge in [0.2, 0.25) is 0 Å². The second kappa shape index (κ2) is 11.2. The Hall–Kier alpha value is -2.09. The first-order valence-electron chi connectivity index (χ1n) is 10.1. The molecular weight excluding hydrogens is 384 g/mol. The second-order valence-corrected chi connectivity index (χ2v) is 8.15. The molecule has 1 aliphatic heterocycles. The number of hydrogen-bond donors (Lipinski definition) is 1. The van der Waals surface area contributed by atoms with E-state index in [0.717, 1.165) is 57.5 Å². The fourth-order valence-electron chi connectivity index (χ4n) is 3.58. The molecule has 29 heavy (non-hydrogen) atoms. The summed E-state index contributed by atoms with van der Waals surface area (Å²) in [4.78, 5) is 10.6. The number of nitrogens with one attached hydrogen (secondary N) is 1. The monoisotopic (exact) mass is 416 g/mol. The van der Waals surface area contributed by atoms with E-state index in [2.05, 4.69) is 56.8 Å². The van der Waals surface area contributed by atoms with Crippen LogP contribution >= 0.6 is 11.3 Å². The van der Waals surface area contributed by atoms with E-state index in [-0.39, 0.29) is 6.04 Å². The summed E-state index contributed by atoms with van der Waals surface area (Å²) in [5.41, 5.74) is 1.27. The van der Waals surface area contributed by atoms with Crippen molar-refractivity contribution in [1.82, 2.24) is 15.1 Å². The zero-order valence-corrected chi connectivity index (χ0v) is 18.5. The Morgan fingerprint density at radius 3 is 2.66 bits per heavy atom. The third kappa shape index (κ3) is 6.19. The molecule has 1 aromatic carbocycles. The molecule has 7 heteroatoms. The van der Waals surface area contributed by atoms with Gasteiger partial charge in [-0.25, -0.2) is 0 Å². The maximum absolute atomic E-state index is 5.56. The van der Waals surface area contributed by atoms with Crippen molar-refractivity contribution in [2.24, 2.45) is 4.99 Å². The van der Waals surface area contributed by atoms with E-state index >= 15 is 0 Å². The zero-order chi connectivity index (χ0) is 20.5. The summed E-state index contributed by atoms with van der Waals surface area (Å²) in [5.74, 6) is 1.81. The molecule has 1 unspecified atom stereocenters. The number of ether oxygens (including phenoxy) is 2. The van der Waals surface area contributed by atoms with Gasteiger partial charge in [0.05, 0.1) is 26.4 Å². The molecule has 0 radical (unpaired) electrons. The summed E-state index contributed by atoms with van der Waals surface area (Å²) in [6.45, 7) is 5.16. The lowest BCUT2D eigenvalue weighted by Crippen LogP contribution is -2.47. The molecule has 2 aromatic rings. The van der Waals surface area contributed by atoms with Crippen LogP contribution in [0, 0.1) is 0 Å². The van der Waals surface area contributed by atoms with Crippen LogP contribution in [0.25, 0.3) is 0 Å². The predicted molar refractivity (Wildman–Crippen MR) is 120 cm³/mol. The number of hydrogen-bond acceptors (Lipinski definition) is 5. The minimum Gasteiger partial charge on any atom is -0.497 e. The fourth-order valence-corrected chi connectivity index (χ4v) is 4.28. The quantitative estimate of drug-likeness (QED) is 0.530.